The number of carboxylic acid groups (broad SMARTS) is 1. The Morgan fingerprint density at radius 2 is 1.82 bits per heavy atom. The molecule has 0 aliphatic carbocycles. The van der Waals surface area contributed by atoms with Crippen molar-refractivity contribution in [3.63, 3.8) is 0 Å². The summed E-state index contributed by atoms with van der Waals surface area (Å²) in [6, 6.07) is 11.5. The number of nitrogens with one attached hydrogen (secondary N) is 2. The molecule has 3 aromatic rings. The van der Waals surface area contributed by atoms with Crippen molar-refractivity contribution < 1.29 is 33.6 Å². The summed E-state index contributed by atoms with van der Waals surface area (Å²) in [7, 11) is 0. The molecule has 1 aliphatic rings. The Morgan fingerprint density at radius 3 is 2.49 bits per heavy atom. The fraction of sp³-hybridized carbons (Fsp3) is 0.200. The minimum Gasteiger partial charge on any atom is -0.481 e. The van der Waals surface area contributed by atoms with Gasteiger partial charge in [0.25, 0.3) is 17.5 Å². The molecule has 2 atom stereocenters. The third kappa shape index (κ3) is 6.35. The van der Waals surface area contributed by atoms with Crippen LogP contribution in [0.25, 0.3) is 0 Å². The maximum absolute atomic E-state index is 13.6. The van der Waals surface area contributed by atoms with Crippen LogP contribution in [0.4, 0.5) is 20.6 Å². The minimum atomic E-state index is -1.48. The molecule has 14 heteroatoms. The Bertz CT molecular complexity index is 1420. The molecule has 0 radical (unpaired) electrons. The van der Waals surface area contributed by atoms with Crippen molar-refractivity contribution in [2.24, 2.45) is 0 Å². The number of halogens is 1. The van der Waals surface area contributed by atoms with Crippen LogP contribution in [0.2, 0.25) is 0 Å². The Hall–Kier alpha value is -4.85. The molecule has 1 aromatic heterocycles. The number of rotatable bonds is 8. The van der Waals surface area contributed by atoms with Crippen molar-refractivity contribution in [2.75, 3.05) is 18.4 Å². The first-order valence-electron chi connectivity index (χ1n) is 11.6. The van der Waals surface area contributed by atoms with Crippen molar-refractivity contribution in [2.45, 2.75) is 18.6 Å². The van der Waals surface area contributed by atoms with Crippen LogP contribution in [0.1, 0.15) is 27.7 Å². The van der Waals surface area contributed by atoms with Crippen molar-refractivity contribution in [1.82, 2.24) is 15.1 Å². The van der Waals surface area contributed by atoms with Gasteiger partial charge in [-0.15, -0.1) is 11.3 Å². The van der Waals surface area contributed by atoms with E-state index >= 15 is 0 Å². The van der Waals surface area contributed by atoms with E-state index in [9.17, 15) is 38.8 Å². The molecule has 39 heavy (non-hydrogen) atoms. The Morgan fingerprint density at radius 1 is 1.08 bits per heavy atom. The first-order chi connectivity index (χ1) is 18.6. The zero-order valence-electron chi connectivity index (χ0n) is 20.2. The van der Waals surface area contributed by atoms with Gasteiger partial charge in [0.1, 0.15) is 5.82 Å². The van der Waals surface area contributed by atoms with E-state index in [1.54, 1.807) is 17.5 Å². The van der Waals surface area contributed by atoms with E-state index in [0.717, 1.165) is 28.4 Å². The number of hydrogen-bond acceptors (Lipinski definition) is 7. The maximum Gasteiger partial charge on any atom is 0.323 e. The second-order valence-corrected chi connectivity index (χ2v) is 9.44. The summed E-state index contributed by atoms with van der Waals surface area (Å²) >= 11 is 1.14. The number of non-ortho nitro benzene ring substituents is 1. The molecule has 4 rings (SSSR count). The molecule has 2 unspecified atom stereocenters. The highest BCUT2D eigenvalue weighted by Crippen LogP contribution is 2.26. The molecule has 202 valence electrons. The maximum atomic E-state index is 13.6. The summed E-state index contributed by atoms with van der Waals surface area (Å²) < 4.78 is 13.6. The van der Waals surface area contributed by atoms with Crippen LogP contribution in [0.5, 0.6) is 0 Å². The predicted molar refractivity (Wildman–Crippen MR) is 138 cm³/mol. The highest BCUT2D eigenvalue weighted by atomic mass is 32.1. The van der Waals surface area contributed by atoms with Crippen LogP contribution >= 0.6 is 11.3 Å². The van der Waals surface area contributed by atoms with E-state index < -0.39 is 53.2 Å². The molecule has 12 nitrogen and oxygen atoms in total. The van der Waals surface area contributed by atoms with E-state index in [4.69, 9.17) is 0 Å². The van der Waals surface area contributed by atoms with E-state index in [0.29, 0.717) is 4.88 Å². The van der Waals surface area contributed by atoms with Gasteiger partial charge in [0.2, 0.25) is 0 Å². The highest BCUT2D eigenvalue weighted by molar-refractivity contribution is 7.12. The number of nitro benzene ring substituents is 1. The van der Waals surface area contributed by atoms with E-state index in [1.165, 1.54) is 41.3 Å². The normalized spacial score (nSPS) is 15.5. The van der Waals surface area contributed by atoms with Gasteiger partial charge in [0.05, 0.1) is 22.3 Å². The van der Waals surface area contributed by atoms with Crippen molar-refractivity contribution in [3.05, 3.63) is 92.4 Å². The molecular weight excluding hydrogens is 533 g/mol. The molecule has 2 aromatic carbocycles. The second kappa shape index (κ2) is 11.7. The molecular formula is C25H22FN5O7S. The van der Waals surface area contributed by atoms with Gasteiger partial charge >= 0.3 is 12.0 Å². The fourth-order valence-electron chi connectivity index (χ4n) is 4.17. The van der Waals surface area contributed by atoms with Crippen LogP contribution in [-0.4, -0.2) is 62.9 Å². The number of carbonyl (C=O) groups excluding carboxylic acids is 3. The van der Waals surface area contributed by atoms with Gasteiger partial charge in [-0.2, -0.15) is 0 Å². The largest absolute Gasteiger partial charge is 0.481 e. The van der Waals surface area contributed by atoms with Gasteiger partial charge in [-0.3, -0.25) is 29.4 Å². The average molecular weight is 556 g/mol. The number of benzene rings is 2. The quantitative estimate of drug-likeness (QED) is 0.283. The number of carboxylic acids is 1. The zero-order valence-corrected chi connectivity index (χ0v) is 21.0. The van der Waals surface area contributed by atoms with Gasteiger partial charge in [0.15, 0.2) is 6.17 Å². The lowest BCUT2D eigenvalue weighted by atomic mass is 10.0. The number of aliphatic carboxylic acids is 1. The van der Waals surface area contributed by atoms with Gasteiger partial charge in [-0.05, 0) is 35.2 Å². The molecule has 3 N–H and O–H groups in total. The standard InChI is InChI=1S/C25H22FN5O7S/c26-16-5-2-6-17(13-16)27-25(36)30-10-9-29(24(35)20-8-3-11-39-20)23(30)22(34)28-19(14-21(32)33)15-4-1-7-18(12-15)31(37)38/h1-8,11-13,19,23H,9-10,14H2,(H,27,36)(H,28,34)(H,32,33). The topological polar surface area (TPSA) is 162 Å². The van der Waals surface area contributed by atoms with E-state index in [-0.39, 0.29) is 30.0 Å². The molecule has 1 aliphatic heterocycles. The summed E-state index contributed by atoms with van der Waals surface area (Å²) in [5.74, 6) is -3.27. The Labute approximate surface area is 224 Å². The SMILES string of the molecule is O=C(O)CC(NC(=O)C1N(C(=O)Nc2cccc(F)c2)CCN1C(=O)c1cccs1)c1cccc([N+](=O)[O-])c1. The highest BCUT2D eigenvalue weighted by Gasteiger charge is 2.44. The van der Waals surface area contributed by atoms with E-state index in [2.05, 4.69) is 10.6 Å². The van der Waals surface area contributed by atoms with Crippen molar-refractivity contribution >= 4 is 46.5 Å². The second-order valence-electron chi connectivity index (χ2n) is 8.49. The fourth-order valence-corrected chi connectivity index (χ4v) is 4.85. The van der Waals surface area contributed by atoms with Crippen LogP contribution < -0.4 is 10.6 Å². The number of carbonyl (C=O) groups is 4. The number of amides is 4. The van der Waals surface area contributed by atoms with Crippen LogP contribution in [-0.2, 0) is 9.59 Å². The number of hydrogen-bond donors (Lipinski definition) is 3. The number of nitrogens with zero attached hydrogens (tertiary/aromatic N) is 3. The zero-order chi connectivity index (χ0) is 28.1. The summed E-state index contributed by atoms with van der Waals surface area (Å²) in [6.07, 6.45) is -2.10. The molecule has 0 bridgehead atoms. The van der Waals surface area contributed by atoms with Crippen molar-refractivity contribution in [3.8, 4) is 0 Å². The van der Waals surface area contributed by atoms with Crippen LogP contribution in [0.15, 0.2) is 66.0 Å². The molecule has 0 spiro atoms. The van der Waals surface area contributed by atoms with Crippen LogP contribution in [0, 0.1) is 15.9 Å². The average Bonchev–Trinajstić information content (AvgIpc) is 3.58. The summed E-state index contributed by atoms with van der Waals surface area (Å²) in [6.45, 7) is -0.0530. The van der Waals surface area contributed by atoms with Gasteiger partial charge < -0.3 is 20.6 Å². The minimum absolute atomic E-state index is 0.00814. The number of thiophene rings is 1. The number of nitro groups is 1. The Kier molecular flexibility index (Phi) is 8.15. The number of urea groups is 1. The summed E-state index contributed by atoms with van der Waals surface area (Å²) in [5.41, 5.74) is -0.0176. The smallest absolute Gasteiger partial charge is 0.323 e. The summed E-state index contributed by atoms with van der Waals surface area (Å²) in [5, 5.41) is 27.4. The van der Waals surface area contributed by atoms with Gasteiger partial charge in [-0.25, -0.2) is 9.18 Å². The van der Waals surface area contributed by atoms with Crippen LogP contribution in [0.3, 0.4) is 0 Å². The van der Waals surface area contributed by atoms with Crippen molar-refractivity contribution in [1.29, 1.82) is 0 Å². The summed E-state index contributed by atoms with van der Waals surface area (Å²) in [4.78, 5) is 64.7. The Balaban J connectivity index is 1.64. The first kappa shape index (κ1) is 27.2. The third-order valence-corrected chi connectivity index (χ3v) is 6.77. The van der Waals surface area contributed by atoms with E-state index in [1.807, 2.05) is 0 Å². The van der Waals surface area contributed by atoms with Gasteiger partial charge in [0, 0.05) is 30.9 Å². The molecule has 1 fully saturated rings. The predicted octanol–water partition coefficient (Wildman–Crippen LogP) is 3.44. The molecule has 4 amide bonds. The third-order valence-electron chi connectivity index (χ3n) is 5.91. The van der Waals surface area contributed by atoms with Gasteiger partial charge in [-0.1, -0.05) is 24.3 Å². The number of anilines is 1. The monoisotopic (exact) mass is 555 g/mol. The molecule has 2 heterocycles. The lowest BCUT2D eigenvalue weighted by Gasteiger charge is -2.30. The molecule has 1 saturated heterocycles. The lowest BCUT2D eigenvalue weighted by Crippen LogP contribution is -2.55. The first-order valence-corrected chi connectivity index (χ1v) is 12.5. The molecule has 0 saturated carbocycles. The lowest BCUT2D eigenvalue weighted by molar-refractivity contribution is -0.384.